The van der Waals surface area contributed by atoms with Crippen LogP contribution in [0.3, 0.4) is 0 Å². The number of benzene rings is 2. The van der Waals surface area contributed by atoms with Crippen molar-refractivity contribution in [3.63, 3.8) is 0 Å². The van der Waals surface area contributed by atoms with E-state index in [1.165, 1.54) is 0 Å². The van der Waals surface area contributed by atoms with Gasteiger partial charge in [0.05, 0.1) is 6.61 Å². The summed E-state index contributed by atoms with van der Waals surface area (Å²) in [5.41, 5.74) is 7.44. The van der Waals surface area contributed by atoms with Crippen molar-refractivity contribution in [2.45, 2.75) is 6.92 Å². The number of likely N-dealkylation sites (N-methyl/N-ethyl adjacent to an activating group) is 1. The highest BCUT2D eigenvalue weighted by molar-refractivity contribution is 6.10. The van der Waals surface area contributed by atoms with E-state index in [-0.39, 0.29) is 12.4 Å². The lowest BCUT2D eigenvalue weighted by Gasteiger charge is -2.24. The third kappa shape index (κ3) is 2.53. The molecule has 0 unspecified atom stereocenters. The highest BCUT2D eigenvalue weighted by Gasteiger charge is 2.11. The molecular weight excluding hydrogens is 238 g/mol. The first kappa shape index (κ1) is 13.4. The number of anilines is 1. The summed E-state index contributed by atoms with van der Waals surface area (Å²) in [6.07, 6.45) is 0. The average Bonchev–Trinajstić information content (AvgIpc) is 2.43. The van der Waals surface area contributed by atoms with Crippen molar-refractivity contribution in [3.8, 4) is 0 Å². The lowest BCUT2D eigenvalue weighted by Crippen LogP contribution is -2.26. The fourth-order valence-corrected chi connectivity index (χ4v) is 2.36. The molecule has 2 aromatic rings. The molecule has 0 fully saturated rings. The zero-order valence-electron chi connectivity index (χ0n) is 11.1. The standard InChI is InChI=1S/C15H19N3O/c1-2-18(9-10-19)14-8-7-13(15(16)17)11-5-3-4-6-12(11)14/h3-8,19H,2,9-10H2,1H3,(H3,16,17). The van der Waals surface area contributed by atoms with Crippen molar-refractivity contribution in [3.05, 3.63) is 42.0 Å². The van der Waals surface area contributed by atoms with Gasteiger partial charge in [-0.25, -0.2) is 0 Å². The molecule has 0 aliphatic rings. The maximum Gasteiger partial charge on any atom is 0.123 e. The first-order valence-electron chi connectivity index (χ1n) is 6.41. The Morgan fingerprint density at radius 1 is 1.21 bits per heavy atom. The third-order valence-electron chi connectivity index (χ3n) is 3.28. The van der Waals surface area contributed by atoms with Crippen molar-refractivity contribution in [2.75, 3.05) is 24.6 Å². The number of aliphatic hydroxyl groups is 1. The quantitative estimate of drug-likeness (QED) is 0.566. The Morgan fingerprint density at radius 3 is 2.47 bits per heavy atom. The van der Waals surface area contributed by atoms with Crippen LogP contribution in [-0.4, -0.2) is 30.6 Å². The van der Waals surface area contributed by atoms with E-state index in [0.717, 1.165) is 28.6 Å². The molecular formula is C15H19N3O. The molecule has 4 nitrogen and oxygen atoms in total. The van der Waals surface area contributed by atoms with Crippen molar-refractivity contribution < 1.29 is 5.11 Å². The Hall–Kier alpha value is -2.07. The highest BCUT2D eigenvalue weighted by atomic mass is 16.3. The molecule has 4 heteroatoms. The molecule has 2 aromatic carbocycles. The van der Waals surface area contributed by atoms with Gasteiger partial charge in [0.2, 0.25) is 0 Å². The SMILES string of the molecule is CCN(CCO)c1ccc(C(=N)N)c2ccccc12. The Kier molecular flexibility index (Phi) is 4.02. The molecule has 0 aromatic heterocycles. The van der Waals surface area contributed by atoms with Gasteiger partial charge in [-0.2, -0.15) is 0 Å². The van der Waals surface area contributed by atoms with Crippen molar-refractivity contribution in [2.24, 2.45) is 5.73 Å². The Labute approximate surface area is 113 Å². The number of hydrogen-bond donors (Lipinski definition) is 3. The van der Waals surface area contributed by atoms with E-state index in [1.807, 2.05) is 36.4 Å². The first-order valence-corrected chi connectivity index (χ1v) is 6.41. The van der Waals surface area contributed by atoms with Gasteiger partial charge in [-0.15, -0.1) is 0 Å². The summed E-state index contributed by atoms with van der Waals surface area (Å²) in [5.74, 6) is 0.0768. The minimum Gasteiger partial charge on any atom is -0.395 e. The van der Waals surface area contributed by atoms with E-state index < -0.39 is 0 Å². The average molecular weight is 257 g/mol. The molecule has 0 radical (unpaired) electrons. The number of hydrogen-bond acceptors (Lipinski definition) is 3. The van der Waals surface area contributed by atoms with Crippen LogP contribution in [-0.2, 0) is 0 Å². The zero-order chi connectivity index (χ0) is 13.8. The summed E-state index contributed by atoms with van der Waals surface area (Å²) < 4.78 is 0. The second kappa shape index (κ2) is 5.71. The number of nitrogens with one attached hydrogen (secondary N) is 1. The molecule has 0 spiro atoms. The third-order valence-corrected chi connectivity index (χ3v) is 3.28. The Morgan fingerprint density at radius 2 is 1.89 bits per heavy atom. The van der Waals surface area contributed by atoms with Gasteiger partial charge < -0.3 is 15.7 Å². The van der Waals surface area contributed by atoms with Gasteiger partial charge in [0.25, 0.3) is 0 Å². The van der Waals surface area contributed by atoms with Gasteiger partial charge in [-0.05, 0) is 24.4 Å². The van der Waals surface area contributed by atoms with Gasteiger partial charge in [0.1, 0.15) is 5.84 Å². The maximum absolute atomic E-state index is 9.15. The van der Waals surface area contributed by atoms with E-state index in [2.05, 4.69) is 11.8 Å². The van der Waals surface area contributed by atoms with Crippen molar-refractivity contribution in [1.29, 1.82) is 5.41 Å². The summed E-state index contributed by atoms with van der Waals surface area (Å²) in [7, 11) is 0. The van der Waals surface area contributed by atoms with Gasteiger partial charge in [0.15, 0.2) is 0 Å². The van der Waals surface area contributed by atoms with Gasteiger partial charge in [-0.3, -0.25) is 5.41 Å². The Bertz CT molecular complexity index is 595. The number of rotatable bonds is 5. The summed E-state index contributed by atoms with van der Waals surface area (Å²) in [6, 6.07) is 11.8. The fraction of sp³-hybridized carbons (Fsp3) is 0.267. The van der Waals surface area contributed by atoms with Crippen molar-refractivity contribution in [1.82, 2.24) is 0 Å². The minimum absolute atomic E-state index is 0.0768. The summed E-state index contributed by atoms with van der Waals surface area (Å²) in [5, 5.41) is 18.8. The van der Waals surface area contributed by atoms with E-state index in [9.17, 15) is 0 Å². The van der Waals surface area contributed by atoms with Gasteiger partial charge >= 0.3 is 0 Å². The van der Waals surface area contributed by atoms with Crippen molar-refractivity contribution >= 4 is 22.3 Å². The second-order valence-corrected chi connectivity index (χ2v) is 4.39. The summed E-state index contributed by atoms with van der Waals surface area (Å²) >= 11 is 0. The smallest absolute Gasteiger partial charge is 0.123 e. The predicted octanol–water partition coefficient (Wildman–Crippen LogP) is 1.94. The Balaban J connectivity index is 2.64. The van der Waals surface area contributed by atoms with Crippen LogP contribution in [0.1, 0.15) is 12.5 Å². The number of nitrogen functional groups attached to an aromatic ring is 1. The molecule has 100 valence electrons. The summed E-state index contributed by atoms with van der Waals surface area (Å²) in [6.45, 7) is 3.60. The molecule has 0 saturated carbocycles. The number of amidine groups is 1. The van der Waals surface area contributed by atoms with E-state index in [0.29, 0.717) is 6.54 Å². The summed E-state index contributed by atoms with van der Waals surface area (Å²) in [4.78, 5) is 2.12. The largest absolute Gasteiger partial charge is 0.395 e. The molecule has 0 saturated heterocycles. The number of aliphatic hydroxyl groups excluding tert-OH is 1. The maximum atomic E-state index is 9.15. The zero-order valence-corrected chi connectivity index (χ0v) is 11.1. The van der Waals surface area contributed by atoms with Crippen LogP contribution < -0.4 is 10.6 Å². The number of nitrogens with zero attached hydrogens (tertiary/aromatic N) is 1. The normalized spacial score (nSPS) is 10.6. The number of nitrogens with two attached hydrogens (primary N) is 1. The van der Waals surface area contributed by atoms with Crippen LogP contribution in [0.5, 0.6) is 0 Å². The highest BCUT2D eigenvalue weighted by Crippen LogP contribution is 2.29. The van der Waals surface area contributed by atoms with Crippen LogP contribution in [0.25, 0.3) is 10.8 Å². The molecule has 0 bridgehead atoms. The second-order valence-electron chi connectivity index (χ2n) is 4.39. The van der Waals surface area contributed by atoms with Gasteiger partial charge in [0, 0.05) is 29.7 Å². The fourth-order valence-electron chi connectivity index (χ4n) is 2.36. The lowest BCUT2D eigenvalue weighted by atomic mass is 10.0. The first-order chi connectivity index (χ1) is 9.19. The van der Waals surface area contributed by atoms with Gasteiger partial charge in [-0.1, -0.05) is 24.3 Å². The molecule has 0 aliphatic carbocycles. The predicted molar refractivity (Wildman–Crippen MR) is 79.9 cm³/mol. The van der Waals surface area contributed by atoms with E-state index in [4.69, 9.17) is 16.2 Å². The minimum atomic E-state index is 0.0768. The van der Waals surface area contributed by atoms with Crippen LogP contribution in [0.2, 0.25) is 0 Å². The molecule has 0 atom stereocenters. The molecule has 19 heavy (non-hydrogen) atoms. The molecule has 0 amide bonds. The van der Waals surface area contributed by atoms with E-state index >= 15 is 0 Å². The van der Waals surface area contributed by atoms with Crippen LogP contribution in [0, 0.1) is 5.41 Å². The number of fused-ring (bicyclic) bond motifs is 1. The van der Waals surface area contributed by atoms with E-state index in [1.54, 1.807) is 0 Å². The molecule has 0 aliphatic heterocycles. The van der Waals surface area contributed by atoms with Crippen LogP contribution in [0.15, 0.2) is 36.4 Å². The van der Waals surface area contributed by atoms with Crippen LogP contribution >= 0.6 is 0 Å². The lowest BCUT2D eigenvalue weighted by molar-refractivity contribution is 0.302. The monoisotopic (exact) mass is 257 g/mol. The van der Waals surface area contributed by atoms with Crippen LogP contribution in [0.4, 0.5) is 5.69 Å². The molecule has 2 rings (SSSR count). The topological polar surface area (TPSA) is 73.3 Å². The molecule has 4 N–H and O–H groups in total. The molecule has 0 heterocycles.